The van der Waals surface area contributed by atoms with Crippen molar-refractivity contribution in [3.63, 3.8) is 0 Å². The van der Waals surface area contributed by atoms with Crippen LogP contribution in [-0.2, 0) is 22.4 Å². The molecule has 0 saturated heterocycles. The summed E-state index contributed by atoms with van der Waals surface area (Å²) < 4.78 is 5.56. The van der Waals surface area contributed by atoms with E-state index in [0.29, 0.717) is 37.2 Å². The van der Waals surface area contributed by atoms with Crippen molar-refractivity contribution >= 4 is 23.1 Å². The quantitative estimate of drug-likeness (QED) is 0.553. The van der Waals surface area contributed by atoms with Crippen LogP contribution in [0.25, 0.3) is 0 Å². The Morgan fingerprint density at radius 3 is 2.59 bits per heavy atom. The molecule has 0 spiro atoms. The smallest absolute Gasteiger partial charge is 0.271 e. The molecule has 1 aliphatic rings. The Morgan fingerprint density at radius 2 is 1.93 bits per heavy atom. The first-order valence-electron chi connectivity index (χ1n) is 8.73. The molecule has 27 heavy (non-hydrogen) atoms. The predicted molar refractivity (Wildman–Crippen MR) is 100 cm³/mol. The Kier molecular flexibility index (Phi) is 5.49. The van der Waals surface area contributed by atoms with Crippen molar-refractivity contribution in [2.75, 3.05) is 18.1 Å². The zero-order chi connectivity index (χ0) is 19.4. The lowest BCUT2D eigenvalue weighted by molar-refractivity contribution is -0.384. The number of carbonyl (C=O) groups is 2. The molecule has 0 aromatic heterocycles. The fraction of sp³-hybridized carbons (Fsp3) is 0.300. The number of nitrogens with zero attached hydrogens (tertiary/aromatic N) is 2. The molecule has 7 nitrogen and oxygen atoms in total. The van der Waals surface area contributed by atoms with Gasteiger partial charge in [-0.25, -0.2) is 0 Å². The van der Waals surface area contributed by atoms with Crippen molar-refractivity contribution in [2.45, 2.75) is 26.2 Å². The van der Waals surface area contributed by atoms with Gasteiger partial charge >= 0.3 is 0 Å². The van der Waals surface area contributed by atoms with Crippen LogP contribution in [-0.4, -0.2) is 29.8 Å². The molecule has 0 bridgehead atoms. The van der Waals surface area contributed by atoms with Crippen molar-refractivity contribution in [2.24, 2.45) is 0 Å². The highest BCUT2D eigenvalue weighted by Crippen LogP contribution is 2.31. The van der Waals surface area contributed by atoms with Gasteiger partial charge in [0.25, 0.3) is 11.6 Å². The van der Waals surface area contributed by atoms with E-state index in [4.69, 9.17) is 4.74 Å². The van der Waals surface area contributed by atoms with Crippen LogP contribution in [0.2, 0.25) is 0 Å². The van der Waals surface area contributed by atoms with Crippen LogP contribution in [0.4, 0.5) is 11.4 Å². The molecule has 0 N–H and O–H groups in total. The molecule has 0 aliphatic carbocycles. The number of hydrogen-bond acceptors (Lipinski definition) is 5. The maximum Gasteiger partial charge on any atom is 0.271 e. The number of hydrogen-bond donors (Lipinski definition) is 0. The Hall–Kier alpha value is -3.22. The number of nitro benzene ring substituents is 1. The minimum atomic E-state index is -0.467. The van der Waals surface area contributed by atoms with Gasteiger partial charge in [0, 0.05) is 25.1 Å². The predicted octanol–water partition coefficient (Wildman–Crippen LogP) is 3.08. The lowest BCUT2D eigenvalue weighted by Gasteiger charge is -2.17. The van der Waals surface area contributed by atoms with Crippen LogP contribution in [0.1, 0.15) is 24.5 Å². The number of ketones is 1. The Morgan fingerprint density at radius 1 is 1.19 bits per heavy atom. The molecule has 0 fully saturated rings. The molecule has 1 heterocycles. The van der Waals surface area contributed by atoms with Crippen LogP contribution in [0.3, 0.4) is 0 Å². The number of fused-ring (bicyclic) bond motifs is 1. The number of nitro groups is 1. The largest absolute Gasteiger partial charge is 0.484 e. The number of aryl methyl sites for hydroxylation is 1. The summed E-state index contributed by atoms with van der Waals surface area (Å²) in [6.07, 6.45) is 1.85. The zero-order valence-corrected chi connectivity index (χ0v) is 15.0. The zero-order valence-electron chi connectivity index (χ0n) is 15.0. The molecule has 2 aromatic rings. The van der Waals surface area contributed by atoms with Gasteiger partial charge in [-0.15, -0.1) is 0 Å². The lowest BCUT2D eigenvalue weighted by atomic mass is 10.1. The summed E-state index contributed by atoms with van der Waals surface area (Å²) in [7, 11) is 0. The number of ether oxygens (including phenoxy) is 1. The van der Waals surface area contributed by atoms with Gasteiger partial charge in [-0.1, -0.05) is 18.2 Å². The van der Waals surface area contributed by atoms with E-state index in [-0.39, 0.29) is 24.0 Å². The Balaban J connectivity index is 1.60. The van der Waals surface area contributed by atoms with Crippen molar-refractivity contribution in [3.05, 3.63) is 63.7 Å². The van der Waals surface area contributed by atoms with E-state index in [9.17, 15) is 19.7 Å². The number of benzene rings is 2. The number of non-ortho nitro benzene ring substituents is 1. The minimum absolute atomic E-state index is 0.0319. The summed E-state index contributed by atoms with van der Waals surface area (Å²) in [5, 5.41) is 11.0. The SMILES string of the molecule is CC(=O)CCc1ccc(OCC(=O)N2CCc3ccc([N+](=O)[O-])cc32)cc1. The maximum atomic E-state index is 12.5. The third-order valence-corrected chi connectivity index (χ3v) is 4.53. The normalized spacial score (nSPS) is 12.6. The fourth-order valence-electron chi connectivity index (χ4n) is 3.04. The van der Waals surface area contributed by atoms with E-state index in [1.54, 1.807) is 25.1 Å². The van der Waals surface area contributed by atoms with Crippen LogP contribution in [0.5, 0.6) is 5.75 Å². The fourth-order valence-corrected chi connectivity index (χ4v) is 3.04. The van der Waals surface area contributed by atoms with E-state index < -0.39 is 4.92 Å². The second-order valence-corrected chi connectivity index (χ2v) is 6.50. The van der Waals surface area contributed by atoms with Gasteiger partial charge in [0.05, 0.1) is 10.6 Å². The summed E-state index contributed by atoms with van der Waals surface area (Å²) in [4.78, 5) is 35.6. The average Bonchev–Trinajstić information content (AvgIpc) is 3.08. The van der Waals surface area contributed by atoms with Gasteiger partial charge in [0.2, 0.25) is 0 Å². The first-order valence-corrected chi connectivity index (χ1v) is 8.73. The third-order valence-electron chi connectivity index (χ3n) is 4.53. The number of carbonyl (C=O) groups excluding carboxylic acids is 2. The number of amides is 1. The highest BCUT2D eigenvalue weighted by molar-refractivity contribution is 5.96. The van der Waals surface area contributed by atoms with Gasteiger partial charge in [-0.3, -0.25) is 14.9 Å². The molecular formula is C20H20N2O5. The first kappa shape index (κ1) is 18.6. The molecule has 3 rings (SSSR count). The van der Waals surface area contributed by atoms with Crippen molar-refractivity contribution in [1.82, 2.24) is 0 Å². The van der Waals surface area contributed by atoms with Crippen LogP contribution < -0.4 is 9.64 Å². The molecule has 7 heteroatoms. The van der Waals surface area contributed by atoms with E-state index >= 15 is 0 Å². The standard InChI is InChI=1S/C20H20N2O5/c1-14(23)2-3-15-4-8-18(9-5-15)27-13-20(24)21-11-10-16-6-7-17(22(25)26)12-19(16)21/h4-9,12H,2-3,10-11,13H2,1H3. The number of Topliss-reactive ketones (excluding diaryl/α,β-unsaturated/α-hetero) is 1. The monoisotopic (exact) mass is 368 g/mol. The summed E-state index contributed by atoms with van der Waals surface area (Å²) in [6.45, 7) is 1.91. The number of anilines is 1. The van der Waals surface area contributed by atoms with Gasteiger partial charge in [-0.05, 0) is 43.0 Å². The topological polar surface area (TPSA) is 89.8 Å². The van der Waals surface area contributed by atoms with E-state index in [2.05, 4.69) is 0 Å². The first-order chi connectivity index (χ1) is 12.9. The van der Waals surface area contributed by atoms with Gasteiger partial charge in [0.15, 0.2) is 6.61 Å². The van der Waals surface area contributed by atoms with Crippen LogP contribution in [0, 0.1) is 10.1 Å². The summed E-state index contributed by atoms with van der Waals surface area (Å²) in [5.74, 6) is 0.468. The molecule has 140 valence electrons. The van der Waals surface area contributed by atoms with Crippen LogP contribution >= 0.6 is 0 Å². The van der Waals surface area contributed by atoms with Gasteiger partial charge in [-0.2, -0.15) is 0 Å². The highest BCUT2D eigenvalue weighted by Gasteiger charge is 2.26. The molecule has 0 atom stereocenters. The summed E-state index contributed by atoms with van der Waals surface area (Å²) >= 11 is 0. The molecule has 0 saturated carbocycles. The molecule has 1 amide bonds. The average molecular weight is 368 g/mol. The van der Waals surface area contributed by atoms with E-state index in [1.165, 1.54) is 17.0 Å². The van der Waals surface area contributed by atoms with Gasteiger partial charge in [0.1, 0.15) is 11.5 Å². The second kappa shape index (κ2) is 7.99. The molecule has 2 aromatic carbocycles. The highest BCUT2D eigenvalue weighted by atomic mass is 16.6. The van der Waals surface area contributed by atoms with Crippen molar-refractivity contribution < 1.29 is 19.2 Å². The van der Waals surface area contributed by atoms with Gasteiger partial charge < -0.3 is 14.4 Å². The summed E-state index contributed by atoms with van der Waals surface area (Å²) in [6, 6.07) is 11.9. The Labute approximate surface area is 156 Å². The lowest BCUT2D eigenvalue weighted by Crippen LogP contribution is -2.33. The number of rotatable bonds is 7. The minimum Gasteiger partial charge on any atom is -0.484 e. The maximum absolute atomic E-state index is 12.5. The third kappa shape index (κ3) is 4.49. The molecule has 0 radical (unpaired) electrons. The van der Waals surface area contributed by atoms with E-state index in [1.807, 2.05) is 12.1 Å². The Bertz CT molecular complexity index is 876. The second-order valence-electron chi connectivity index (χ2n) is 6.50. The molecular weight excluding hydrogens is 348 g/mol. The van der Waals surface area contributed by atoms with E-state index in [0.717, 1.165) is 11.1 Å². The molecule has 1 aliphatic heterocycles. The van der Waals surface area contributed by atoms with Crippen molar-refractivity contribution in [3.8, 4) is 5.75 Å². The summed E-state index contributed by atoms with van der Waals surface area (Å²) in [5.41, 5.74) is 2.50. The van der Waals surface area contributed by atoms with Crippen molar-refractivity contribution in [1.29, 1.82) is 0 Å². The molecule has 0 unspecified atom stereocenters. The van der Waals surface area contributed by atoms with Crippen LogP contribution in [0.15, 0.2) is 42.5 Å².